The molecule has 1 aliphatic heterocycles. The smallest absolute Gasteiger partial charge is 0.224 e. The number of hydrogen-bond acceptors (Lipinski definition) is 4. The number of nitrogens with one attached hydrogen (secondary N) is 1. The van der Waals surface area contributed by atoms with Gasteiger partial charge in [0.1, 0.15) is 5.75 Å². The van der Waals surface area contributed by atoms with Crippen molar-refractivity contribution in [2.75, 3.05) is 11.9 Å². The summed E-state index contributed by atoms with van der Waals surface area (Å²) in [4.78, 5) is 7.34. The van der Waals surface area contributed by atoms with Gasteiger partial charge in [0.15, 0.2) is 11.6 Å². The molecule has 0 saturated carbocycles. The minimum absolute atomic E-state index is 0.00342. The molecule has 18 heavy (non-hydrogen) atoms. The number of hydrogen-bond donors (Lipinski definition) is 1. The third-order valence-electron chi connectivity index (χ3n) is 2.67. The van der Waals surface area contributed by atoms with Gasteiger partial charge in [-0.1, -0.05) is 6.07 Å². The number of aromatic nitrogens is 2. The molecule has 0 spiro atoms. The van der Waals surface area contributed by atoms with E-state index in [1.807, 2.05) is 18.2 Å². The van der Waals surface area contributed by atoms with E-state index >= 15 is 0 Å². The van der Waals surface area contributed by atoms with Crippen molar-refractivity contribution in [1.29, 1.82) is 0 Å². The minimum atomic E-state index is -0.555. The van der Waals surface area contributed by atoms with Crippen LogP contribution in [0.15, 0.2) is 24.4 Å². The van der Waals surface area contributed by atoms with Gasteiger partial charge in [0, 0.05) is 18.2 Å². The number of ether oxygens (including phenoxy) is 1. The van der Waals surface area contributed by atoms with Crippen molar-refractivity contribution in [3.63, 3.8) is 0 Å². The normalized spacial score (nSPS) is 13.0. The van der Waals surface area contributed by atoms with Crippen molar-refractivity contribution >= 4 is 23.1 Å². The van der Waals surface area contributed by atoms with E-state index in [2.05, 4.69) is 15.3 Å². The molecule has 0 saturated heterocycles. The molecule has 0 atom stereocenters. The summed E-state index contributed by atoms with van der Waals surface area (Å²) in [5.74, 6) is 0.314. The van der Waals surface area contributed by atoms with E-state index in [4.69, 9.17) is 16.3 Å². The molecule has 0 radical (unpaired) electrons. The number of anilines is 2. The predicted molar refractivity (Wildman–Crippen MR) is 65.9 cm³/mol. The quantitative estimate of drug-likeness (QED) is 0.848. The first-order valence-electron chi connectivity index (χ1n) is 5.43. The lowest BCUT2D eigenvalue weighted by Gasteiger charge is -2.08. The zero-order chi connectivity index (χ0) is 12.5. The fourth-order valence-corrected chi connectivity index (χ4v) is 1.95. The second-order valence-electron chi connectivity index (χ2n) is 3.88. The first-order chi connectivity index (χ1) is 8.72. The lowest BCUT2D eigenvalue weighted by molar-refractivity contribution is 0.357. The van der Waals surface area contributed by atoms with E-state index in [1.165, 1.54) is 0 Å². The molecule has 92 valence electrons. The molecular formula is C12H9ClFN3O. The van der Waals surface area contributed by atoms with Crippen molar-refractivity contribution in [2.45, 2.75) is 6.42 Å². The average Bonchev–Trinajstić information content (AvgIpc) is 2.81. The van der Waals surface area contributed by atoms with Crippen molar-refractivity contribution in [1.82, 2.24) is 9.97 Å². The summed E-state index contributed by atoms with van der Waals surface area (Å²) in [5, 5.41) is 2.85. The molecule has 0 fully saturated rings. The molecular weight excluding hydrogens is 257 g/mol. The Hall–Kier alpha value is -1.88. The highest BCUT2D eigenvalue weighted by Gasteiger charge is 2.13. The Balaban J connectivity index is 1.90. The highest BCUT2D eigenvalue weighted by atomic mass is 35.5. The minimum Gasteiger partial charge on any atom is -0.493 e. The van der Waals surface area contributed by atoms with E-state index in [0.717, 1.165) is 23.9 Å². The maximum Gasteiger partial charge on any atom is 0.224 e. The first kappa shape index (κ1) is 11.2. The van der Waals surface area contributed by atoms with Crippen molar-refractivity contribution in [2.24, 2.45) is 0 Å². The molecule has 1 aliphatic rings. The van der Waals surface area contributed by atoms with Gasteiger partial charge in [-0.25, -0.2) is 9.37 Å². The fraction of sp³-hybridized carbons (Fsp3) is 0.167. The highest BCUT2D eigenvalue weighted by molar-refractivity contribution is 6.28. The second-order valence-corrected chi connectivity index (χ2v) is 4.22. The van der Waals surface area contributed by atoms with Crippen molar-refractivity contribution in [3.05, 3.63) is 41.1 Å². The number of rotatable bonds is 2. The molecule has 2 heterocycles. The molecule has 0 amide bonds. The summed E-state index contributed by atoms with van der Waals surface area (Å²) < 4.78 is 18.9. The summed E-state index contributed by atoms with van der Waals surface area (Å²) in [7, 11) is 0. The van der Waals surface area contributed by atoms with Crippen molar-refractivity contribution < 1.29 is 9.13 Å². The summed E-state index contributed by atoms with van der Waals surface area (Å²) in [5.41, 5.74) is 1.85. The van der Waals surface area contributed by atoms with E-state index in [9.17, 15) is 4.39 Å². The summed E-state index contributed by atoms with van der Waals surface area (Å²) in [6, 6.07) is 5.62. The lowest BCUT2D eigenvalue weighted by Crippen LogP contribution is -1.99. The number of halogens is 2. The predicted octanol–water partition coefficient (Wildman–Crippen LogP) is 2.95. The third kappa shape index (κ3) is 2.09. The molecule has 4 nitrogen and oxygen atoms in total. The van der Waals surface area contributed by atoms with Crippen LogP contribution < -0.4 is 10.1 Å². The van der Waals surface area contributed by atoms with Crippen LogP contribution in [0.1, 0.15) is 5.56 Å². The Bertz CT molecular complexity index is 606. The van der Waals surface area contributed by atoms with Gasteiger partial charge in [-0.2, -0.15) is 4.98 Å². The molecule has 0 aliphatic carbocycles. The van der Waals surface area contributed by atoms with Crippen molar-refractivity contribution in [3.8, 4) is 5.75 Å². The maximum atomic E-state index is 13.5. The summed E-state index contributed by atoms with van der Waals surface area (Å²) >= 11 is 5.62. The number of benzene rings is 1. The van der Waals surface area contributed by atoms with Gasteiger partial charge >= 0.3 is 0 Å². The summed E-state index contributed by atoms with van der Waals surface area (Å²) in [6.07, 6.45) is 1.94. The zero-order valence-corrected chi connectivity index (χ0v) is 10.0. The van der Waals surface area contributed by atoms with Gasteiger partial charge in [-0.3, -0.25) is 0 Å². The van der Waals surface area contributed by atoms with Crippen LogP contribution in [0.25, 0.3) is 0 Å². The number of nitrogens with zero attached hydrogens (tertiary/aromatic N) is 2. The SMILES string of the molecule is Fc1cnc(Cl)nc1Nc1ccc2c(c1)OCC2. The Kier molecular flexibility index (Phi) is 2.76. The van der Waals surface area contributed by atoms with E-state index in [0.29, 0.717) is 12.3 Å². The number of fused-ring (bicyclic) bond motifs is 1. The Morgan fingerprint density at radius 2 is 2.28 bits per heavy atom. The fourth-order valence-electron chi connectivity index (χ4n) is 1.81. The van der Waals surface area contributed by atoms with E-state index < -0.39 is 5.82 Å². The molecule has 3 rings (SSSR count). The molecule has 0 bridgehead atoms. The molecule has 1 aromatic carbocycles. The van der Waals surface area contributed by atoms with Crippen LogP contribution in [0.3, 0.4) is 0 Å². The van der Waals surface area contributed by atoms with Gasteiger partial charge in [0.25, 0.3) is 0 Å². The van der Waals surface area contributed by atoms with Gasteiger partial charge in [-0.05, 0) is 23.2 Å². The van der Waals surface area contributed by atoms with Crippen LogP contribution >= 0.6 is 11.6 Å². The molecule has 1 aromatic heterocycles. The monoisotopic (exact) mass is 265 g/mol. The maximum absolute atomic E-state index is 13.5. The third-order valence-corrected chi connectivity index (χ3v) is 2.86. The topological polar surface area (TPSA) is 47.0 Å². The standard InChI is InChI=1S/C12H9ClFN3O/c13-12-15-6-9(14)11(17-12)16-8-2-1-7-3-4-18-10(7)5-8/h1-2,5-6H,3-4H2,(H,15,16,17). The highest BCUT2D eigenvalue weighted by Crippen LogP contribution is 2.29. The Morgan fingerprint density at radius 3 is 3.17 bits per heavy atom. The molecule has 0 unspecified atom stereocenters. The van der Waals surface area contributed by atoms with Crippen LogP contribution in [0.5, 0.6) is 5.75 Å². The van der Waals surface area contributed by atoms with Gasteiger partial charge in [0.05, 0.1) is 12.8 Å². The van der Waals surface area contributed by atoms with E-state index in [-0.39, 0.29) is 11.1 Å². The largest absolute Gasteiger partial charge is 0.493 e. The van der Waals surface area contributed by atoms with E-state index in [1.54, 1.807) is 0 Å². The Morgan fingerprint density at radius 1 is 1.39 bits per heavy atom. The van der Waals surface area contributed by atoms with Crippen LogP contribution in [0.2, 0.25) is 5.28 Å². The van der Waals surface area contributed by atoms with Gasteiger partial charge in [0.2, 0.25) is 5.28 Å². The van der Waals surface area contributed by atoms with Crippen LogP contribution in [0.4, 0.5) is 15.9 Å². The first-order valence-corrected chi connectivity index (χ1v) is 5.81. The van der Waals surface area contributed by atoms with Crippen LogP contribution in [-0.2, 0) is 6.42 Å². The lowest BCUT2D eigenvalue weighted by atomic mass is 10.1. The Labute approximate surface area is 108 Å². The summed E-state index contributed by atoms with van der Waals surface area (Å²) in [6.45, 7) is 0.687. The molecule has 2 aromatic rings. The zero-order valence-electron chi connectivity index (χ0n) is 9.28. The average molecular weight is 266 g/mol. The van der Waals surface area contributed by atoms with Gasteiger partial charge in [-0.15, -0.1) is 0 Å². The molecule has 1 N–H and O–H groups in total. The van der Waals surface area contributed by atoms with Gasteiger partial charge < -0.3 is 10.1 Å². The van der Waals surface area contributed by atoms with Crippen LogP contribution in [0, 0.1) is 5.82 Å². The molecule has 6 heteroatoms. The van der Waals surface area contributed by atoms with Crippen LogP contribution in [-0.4, -0.2) is 16.6 Å². The second kappa shape index (κ2) is 4.42.